The van der Waals surface area contributed by atoms with Crippen LogP contribution in [0.3, 0.4) is 0 Å². The Bertz CT molecular complexity index is 353. The zero-order valence-corrected chi connectivity index (χ0v) is 13.8. The number of hydrogen-bond donors (Lipinski definition) is 0. The minimum absolute atomic E-state index is 0.0702. The minimum Gasteiger partial charge on any atom is -0.382 e. The topological polar surface area (TPSA) is 9.23 Å². The van der Waals surface area contributed by atoms with Gasteiger partial charge < -0.3 is 4.74 Å². The van der Waals surface area contributed by atoms with Crippen LogP contribution in [0.1, 0.15) is 25.3 Å². The fraction of sp³-hybridized carbons (Fsp3) is 0.571. The number of ether oxygens (including phenoxy) is 1. The van der Waals surface area contributed by atoms with Crippen LogP contribution >= 0.6 is 31.9 Å². The van der Waals surface area contributed by atoms with Crippen molar-refractivity contribution >= 4 is 31.9 Å². The summed E-state index contributed by atoms with van der Waals surface area (Å²) in [6, 6.07) is 6.87. The fourth-order valence-corrected chi connectivity index (χ4v) is 4.08. The number of benzene rings is 1. The van der Waals surface area contributed by atoms with Crippen molar-refractivity contribution in [3.63, 3.8) is 0 Å². The van der Waals surface area contributed by atoms with Crippen molar-refractivity contribution in [1.29, 1.82) is 0 Å². The third-order valence-electron chi connectivity index (χ3n) is 3.10. The lowest BCUT2D eigenvalue weighted by atomic mass is 9.80. The lowest BCUT2D eigenvalue weighted by molar-refractivity contribution is 0.139. The predicted molar refractivity (Wildman–Crippen MR) is 81.4 cm³/mol. The quantitative estimate of drug-likeness (QED) is 0.469. The molecule has 0 aliphatic heterocycles. The van der Waals surface area contributed by atoms with Crippen molar-refractivity contribution in [3.8, 4) is 0 Å². The Hall–Kier alpha value is 0.0700. The third kappa shape index (κ3) is 4.32. The lowest BCUT2D eigenvalue weighted by Crippen LogP contribution is -2.30. The molecule has 0 spiro atoms. The largest absolute Gasteiger partial charge is 0.382 e. The fourth-order valence-electron chi connectivity index (χ4n) is 1.94. The average molecular weight is 382 g/mol. The molecule has 0 unspecified atom stereocenters. The molecule has 0 aliphatic rings. The van der Waals surface area contributed by atoms with Gasteiger partial charge in [-0.3, -0.25) is 0 Å². The summed E-state index contributed by atoms with van der Waals surface area (Å²) in [5, 5.41) is 1.61. The van der Waals surface area contributed by atoms with Crippen LogP contribution in [-0.2, 0) is 10.2 Å². The Morgan fingerprint density at radius 2 is 2.00 bits per heavy atom. The highest BCUT2D eigenvalue weighted by molar-refractivity contribution is 9.09. The number of halogens is 3. The van der Waals surface area contributed by atoms with E-state index in [9.17, 15) is 4.39 Å². The second kappa shape index (κ2) is 8.28. The highest BCUT2D eigenvalue weighted by atomic mass is 79.9. The molecule has 0 heterocycles. The Kier molecular flexibility index (Phi) is 7.42. The van der Waals surface area contributed by atoms with Crippen molar-refractivity contribution in [2.45, 2.75) is 25.2 Å². The highest BCUT2D eigenvalue weighted by Gasteiger charge is 2.29. The van der Waals surface area contributed by atoms with Crippen LogP contribution in [0.25, 0.3) is 0 Å². The van der Waals surface area contributed by atoms with Gasteiger partial charge in [-0.05, 0) is 37.5 Å². The zero-order valence-electron chi connectivity index (χ0n) is 10.6. The number of alkyl halides is 2. The lowest BCUT2D eigenvalue weighted by Gasteiger charge is -2.30. The Balaban J connectivity index is 2.79. The Morgan fingerprint density at radius 3 is 2.56 bits per heavy atom. The first kappa shape index (κ1) is 16.1. The van der Waals surface area contributed by atoms with Crippen LogP contribution in [0, 0.1) is 5.82 Å². The van der Waals surface area contributed by atoms with E-state index in [0.717, 1.165) is 42.3 Å². The van der Waals surface area contributed by atoms with Gasteiger partial charge in [0, 0.05) is 29.3 Å². The zero-order chi connectivity index (χ0) is 13.4. The van der Waals surface area contributed by atoms with Crippen molar-refractivity contribution < 1.29 is 9.13 Å². The van der Waals surface area contributed by atoms with Gasteiger partial charge in [-0.15, -0.1) is 0 Å². The molecule has 4 heteroatoms. The van der Waals surface area contributed by atoms with Gasteiger partial charge >= 0.3 is 0 Å². The summed E-state index contributed by atoms with van der Waals surface area (Å²) >= 11 is 7.14. The molecule has 1 aromatic carbocycles. The van der Waals surface area contributed by atoms with Gasteiger partial charge in [0.25, 0.3) is 0 Å². The first-order valence-electron chi connectivity index (χ1n) is 6.14. The van der Waals surface area contributed by atoms with Crippen LogP contribution in [0.15, 0.2) is 24.3 Å². The predicted octanol–water partition coefficient (Wildman–Crippen LogP) is 4.67. The molecule has 0 fully saturated rings. The van der Waals surface area contributed by atoms with E-state index < -0.39 is 0 Å². The van der Waals surface area contributed by atoms with Gasteiger partial charge in [0.05, 0.1) is 0 Å². The molecular formula is C14H19Br2FO. The molecule has 0 aromatic heterocycles. The average Bonchev–Trinajstić information content (AvgIpc) is 2.40. The number of hydrogen-bond acceptors (Lipinski definition) is 1. The summed E-state index contributed by atoms with van der Waals surface area (Å²) in [5.41, 5.74) is 0.965. The minimum atomic E-state index is -0.177. The maximum Gasteiger partial charge on any atom is 0.123 e. The molecule has 18 heavy (non-hydrogen) atoms. The van der Waals surface area contributed by atoms with Gasteiger partial charge in [0.2, 0.25) is 0 Å². The summed E-state index contributed by atoms with van der Waals surface area (Å²) in [6.07, 6.45) is 1.94. The maximum absolute atomic E-state index is 13.4. The van der Waals surface area contributed by atoms with Crippen LogP contribution in [-0.4, -0.2) is 23.9 Å². The molecule has 0 bridgehead atoms. The molecule has 0 aliphatic carbocycles. The molecule has 0 N–H and O–H groups in total. The molecule has 0 amide bonds. The van der Waals surface area contributed by atoms with Crippen LogP contribution in [0.5, 0.6) is 0 Å². The van der Waals surface area contributed by atoms with E-state index in [1.165, 1.54) is 6.07 Å². The van der Waals surface area contributed by atoms with Crippen LogP contribution in [0.4, 0.5) is 4.39 Å². The smallest absolute Gasteiger partial charge is 0.123 e. The van der Waals surface area contributed by atoms with E-state index in [4.69, 9.17) is 4.74 Å². The van der Waals surface area contributed by atoms with E-state index in [-0.39, 0.29) is 11.2 Å². The summed E-state index contributed by atoms with van der Waals surface area (Å²) in [7, 11) is 0. The molecule has 1 aromatic rings. The summed E-state index contributed by atoms with van der Waals surface area (Å²) < 4.78 is 18.7. The molecule has 0 saturated carbocycles. The Labute approximate surface area is 125 Å². The van der Waals surface area contributed by atoms with Gasteiger partial charge in [-0.25, -0.2) is 4.39 Å². The van der Waals surface area contributed by atoms with Gasteiger partial charge in [-0.2, -0.15) is 0 Å². The SMILES string of the molecule is CCOCCCC(CBr)(CBr)c1cccc(F)c1. The van der Waals surface area contributed by atoms with E-state index in [1.54, 1.807) is 12.1 Å². The molecule has 102 valence electrons. The molecular weight excluding hydrogens is 363 g/mol. The van der Waals surface area contributed by atoms with Crippen molar-refractivity contribution in [2.24, 2.45) is 0 Å². The maximum atomic E-state index is 13.4. The van der Waals surface area contributed by atoms with E-state index in [0.29, 0.717) is 0 Å². The van der Waals surface area contributed by atoms with Crippen LogP contribution in [0.2, 0.25) is 0 Å². The molecule has 0 radical (unpaired) electrons. The van der Waals surface area contributed by atoms with E-state index in [2.05, 4.69) is 31.9 Å². The molecule has 0 saturated heterocycles. The highest BCUT2D eigenvalue weighted by Crippen LogP contribution is 2.34. The first-order chi connectivity index (χ1) is 8.68. The summed E-state index contributed by atoms with van der Waals surface area (Å²) in [6.45, 7) is 3.50. The monoisotopic (exact) mass is 380 g/mol. The van der Waals surface area contributed by atoms with Gasteiger partial charge in [0.1, 0.15) is 5.82 Å². The van der Waals surface area contributed by atoms with Gasteiger partial charge in [-0.1, -0.05) is 44.0 Å². The van der Waals surface area contributed by atoms with Crippen LogP contribution < -0.4 is 0 Å². The van der Waals surface area contributed by atoms with E-state index >= 15 is 0 Å². The normalized spacial score (nSPS) is 11.8. The summed E-state index contributed by atoms with van der Waals surface area (Å²) in [4.78, 5) is 0. The van der Waals surface area contributed by atoms with Crippen molar-refractivity contribution in [3.05, 3.63) is 35.6 Å². The first-order valence-corrected chi connectivity index (χ1v) is 8.38. The standard InChI is InChI=1S/C14H19Br2FO/c1-2-18-8-4-7-14(10-15,11-16)12-5-3-6-13(17)9-12/h3,5-6,9H,2,4,7-8,10-11H2,1H3. The number of rotatable bonds is 8. The third-order valence-corrected chi connectivity index (χ3v) is 5.24. The molecule has 1 nitrogen and oxygen atoms in total. The Morgan fingerprint density at radius 1 is 1.28 bits per heavy atom. The summed E-state index contributed by atoms with van der Waals surface area (Å²) in [5.74, 6) is -0.177. The van der Waals surface area contributed by atoms with Gasteiger partial charge in [0.15, 0.2) is 0 Å². The molecule has 0 atom stereocenters. The molecule has 1 rings (SSSR count). The van der Waals surface area contributed by atoms with E-state index in [1.807, 2.05) is 13.0 Å². The second-order valence-corrected chi connectivity index (χ2v) is 5.48. The van der Waals surface area contributed by atoms with Crippen molar-refractivity contribution in [1.82, 2.24) is 0 Å². The van der Waals surface area contributed by atoms with Crippen molar-refractivity contribution in [2.75, 3.05) is 23.9 Å². The second-order valence-electron chi connectivity index (χ2n) is 4.36.